The van der Waals surface area contributed by atoms with Crippen molar-refractivity contribution in [2.75, 3.05) is 0 Å². The number of hydrogen-bond acceptors (Lipinski definition) is 3. The van der Waals surface area contributed by atoms with Crippen LogP contribution in [0.1, 0.15) is 30.1 Å². The van der Waals surface area contributed by atoms with E-state index in [1.165, 1.54) is 0 Å². The molecule has 2 aromatic heterocycles. The van der Waals surface area contributed by atoms with Crippen LogP contribution >= 0.6 is 11.6 Å². The van der Waals surface area contributed by atoms with Crippen LogP contribution < -0.4 is 5.32 Å². The van der Waals surface area contributed by atoms with Crippen molar-refractivity contribution in [3.05, 3.63) is 59.4 Å². The van der Waals surface area contributed by atoms with E-state index in [1.54, 1.807) is 18.5 Å². The minimum absolute atomic E-state index is 0.0490. The fourth-order valence-corrected chi connectivity index (χ4v) is 3.04. The first-order valence-electron chi connectivity index (χ1n) is 8.74. The first-order valence-corrected chi connectivity index (χ1v) is 9.12. The molecule has 1 N–H and O–H groups in total. The first-order chi connectivity index (χ1) is 12.6. The Morgan fingerprint density at radius 3 is 2.73 bits per heavy atom. The van der Waals surface area contributed by atoms with E-state index in [-0.39, 0.29) is 5.91 Å². The number of carbonyl (C=O) groups excluding carboxylic acids is 1. The lowest BCUT2D eigenvalue weighted by atomic mass is 10.0. The molecular formula is C20H19ClN4O. The van der Waals surface area contributed by atoms with E-state index in [4.69, 9.17) is 11.6 Å². The summed E-state index contributed by atoms with van der Waals surface area (Å²) in [6, 6.07) is 11.8. The van der Waals surface area contributed by atoms with Crippen molar-refractivity contribution in [2.24, 2.45) is 0 Å². The number of amides is 1. The molecule has 1 aliphatic rings. The maximum Gasteiger partial charge on any atom is 0.251 e. The fourth-order valence-electron chi connectivity index (χ4n) is 2.93. The molecule has 0 aliphatic heterocycles. The number of aromatic nitrogens is 3. The van der Waals surface area contributed by atoms with Gasteiger partial charge in [-0.2, -0.15) is 5.10 Å². The van der Waals surface area contributed by atoms with Gasteiger partial charge in [0.25, 0.3) is 5.91 Å². The summed E-state index contributed by atoms with van der Waals surface area (Å²) >= 11 is 5.96. The zero-order valence-electron chi connectivity index (χ0n) is 14.4. The lowest BCUT2D eigenvalue weighted by Crippen LogP contribution is -2.25. The highest BCUT2D eigenvalue weighted by atomic mass is 35.5. The molecule has 1 saturated carbocycles. The van der Waals surface area contributed by atoms with Crippen LogP contribution in [0.3, 0.4) is 0 Å². The van der Waals surface area contributed by atoms with E-state index in [1.807, 2.05) is 41.9 Å². The molecule has 1 aromatic carbocycles. The SMILES string of the molecule is CCn1nccc1-c1cc(C(=O)NC2CC2)cc(-c2ccc(Cl)cn2)c1. The minimum atomic E-state index is -0.0490. The molecule has 1 amide bonds. The number of halogens is 1. The van der Waals surface area contributed by atoms with E-state index in [9.17, 15) is 4.79 Å². The minimum Gasteiger partial charge on any atom is -0.349 e. The third-order valence-corrected chi connectivity index (χ3v) is 4.67. The number of pyridine rings is 1. The highest BCUT2D eigenvalue weighted by Crippen LogP contribution is 2.29. The summed E-state index contributed by atoms with van der Waals surface area (Å²) in [6.45, 7) is 2.80. The van der Waals surface area contributed by atoms with Crippen molar-refractivity contribution >= 4 is 17.5 Å². The Morgan fingerprint density at radius 2 is 2.04 bits per heavy atom. The smallest absolute Gasteiger partial charge is 0.251 e. The van der Waals surface area contributed by atoms with Gasteiger partial charge >= 0.3 is 0 Å². The monoisotopic (exact) mass is 366 g/mol. The molecule has 1 fully saturated rings. The van der Waals surface area contributed by atoms with Crippen molar-refractivity contribution in [2.45, 2.75) is 32.4 Å². The third-order valence-electron chi connectivity index (χ3n) is 4.44. The number of rotatable bonds is 5. The molecule has 6 heteroatoms. The Hall–Kier alpha value is -2.66. The van der Waals surface area contributed by atoms with E-state index in [2.05, 4.69) is 15.4 Å². The Bertz CT molecular complexity index is 945. The quantitative estimate of drug-likeness (QED) is 0.737. The second-order valence-electron chi connectivity index (χ2n) is 6.44. The average molecular weight is 367 g/mol. The predicted octanol–water partition coefficient (Wildman–Crippen LogP) is 4.18. The summed E-state index contributed by atoms with van der Waals surface area (Å²) in [7, 11) is 0. The lowest BCUT2D eigenvalue weighted by Gasteiger charge is -2.11. The van der Waals surface area contributed by atoms with Crippen molar-refractivity contribution in [3.8, 4) is 22.5 Å². The molecule has 2 heterocycles. The molecule has 0 atom stereocenters. The Labute approximate surface area is 157 Å². The Balaban J connectivity index is 1.80. The summed E-state index contributed by atoms with van der Waals surface area (Å²) in [6.07, 6.45) is 5.50. The maximum absolute atomic E-state index is 12.6. The van der Waals surface area contributed by atoms with Crippen LogP contribution in [0, 0.1) is 0 Å². The van der Waals surface area contributed by atoms with Gasteiger partial charge in [0.05, 0.1) is 16.4 Å². The number of benzene rings is 1. The van der Waals surface area contributed by atoms with Gasteiger partial charge in [0.15, 0.2) is 0 Å². The average Bonchev–Trinajstić information content (AvgIpc) is 3.34. The van der Waals surface area contributed by atoms with E-state index >= 15 is 0 Å². The first kappa shape index (κ1) is 16.8. The molecular weight excluding hydrogens is 348 g/mol. The molecule has 0 radical (unpaired) electrons. The van der Waals surface area contributed by atoms with Crippen molar-refractivity contribution in [1.29, 1.82) is 0 Å². The van der Waals surface area contributed by atoms with Crippen LogP contribution in [-0.4, -0.2) is 26.7 Å². The normalized spacial score (nSPS) is 13.6. The predicted molar refractivity (Wildman–Crippen MR) is 102 cm³/mol. The van der Waals surface area contributed by atoms with Crippen LogP contribution in [0.2, 0.25) is 5.02 Å². The third kappa shape index (κ3) is 3.48. The van der Waals surface area contributed by atoms with Crippen LogP contribution in [0.15, 0.2) is 48.8 Å². The van der Waals surface area contributed by atoms with Gasteiger partial charge in [-0.3, -0.25) is 14.5 Å². The van der Waals surface area contributed by atoms with Crippen LogP contribution in [0.5, 0.6) is 0 Å². The summed E-state index contributed by atoms with van der Waals surface area (Å²) in [5, 5.41) is 7.98. The molecule has 132 valence electrons. The van der Waals surface area contributed by atoms with E-state index in [0.717, 1.165) is 41.9 Å². The van der Waals surface area contributed by atoms with Gasteiger partial charge < -0.3 is 5.32 Å². The second-order valence-corrected chi connectivity index (χ2v) is 6.88. The molecule has 0 unspecified atom stereocenters. The highest BCUT2D eigenvalue weighted by molar-refractivity contribution is 6.30. The van der Waals surface area contributed by atoms with Gasteiger partial charge in [0.2, 0.25) is 0 Å². The Morgan fingerprint density at radius 1 is 1.23 bits per heavy atom. The number of aryl methyl sites for hydroxylation is 1. The topological polar surface area (TPSA) is 59.8 Å². The van der Waals surface area contributed by atoms with Gasteiger partial charge in [-0.15, -0.1) is 0 Å². The Kier molecular flexibility index (Phi) is 4.47. The van der Waals surface area contributed by atoms with Gasteiger partial charge in [0.1, 0.15) is 0 Å². The van der Waals surface area contributed by atoms with E-state index < -0.39 is 0 Å². The molecule has 0 spiro atoms. The standard InChI is InChI=1S/C20H19ClN4O/c1-2-25-19(7-8-23-25)14-9-13(18-6-3-16(21)12-22-18)10-15(11-14)20(26)24-17-4-5-17/h3,6-12,17H,2,4-5H2,1H3,(H,24,26). The molecule has 0 saturated heterocycles. The maximum atomic E-state index is 12.6. The molecule has 1 aliphatic carbocycles. The van der Waals surface area contributed by atoms with Crippen LogP contribution in [0.4, 0.5) is 0 Å². The molecule has 3 aromatic rings. The molecule has 26 heavy (non-hydrogen) atoms. The molecule has 0 bridgehead atoms. The second kappa shape index (κ2) is 6.92. The summed E-state index contributed by atoms with van der Waals surface area (Å²) in [5.41, 5.74) is 4.21. The van der Waals surface area contributed by atoms with Gasteiger partial charge in [-0.1, -0.05) is 11.6 Å². The zero-order valence-corrected chi connectivity index (χ0v) is 15.2. The summed E-state index contributed by atoms with van der Waals surface area (Å²) in [5.74, 6) is -0.0490. The number of nitrogens with one attached hydrogen (secondary N) is 1. The van der Waals surface area contributed by atoms with Crippen molar-refractivity contribution in [3.63, 3.8) is 0 Å². The summed E-state index contributed by atoms with van der Waals surface area (Å²) in [4.78, 5) is 17.0. The number of nitrogens with zero attached hydrogens (tertiary/aromatic N) is 3. The fraction of sp³-hybridized carbons (Fsp3) is 0.250. The van der Waals surface area contributed by atoms with Crippen molar-refractivity contribution in [1.82, 2.24) is 20.1 Å². The van der Waals surface area contributed by atoms with Crippen LogP contribution in [0.25, 0.3) is 22.5 Å². The van der Waals surface area contributed by atoms with Crippen molar-refractivity contribution < 1.29 is 4.79 Å². The number of hydrogen-bond donors (Lipinski definition) is 1. The molecule has 5 nitrogen and oxygen atoms in total. The van der Waals surface area contributed by atoms with Gasteiger partial charge in [-0.25, -0.2) is 0 Å². The van der Waals surface area contributed by atoms with Gasteiger partial charge in [-0.05, 0) is 56.2 Å². The number of carbonyl (C=O) groups is 1. The van der Waals surface area contributed by atoms with Crippen LogP contribution in [-0.2, 0) is 6.54 Å². The largest absolute Gasteiger partial charge is 0.349 e. The highest BCUT2D eigenvalue weighted by Gasteiger charge is 2.24. The van der Waals surface area contributed by atoms with Gasteiger partial charge in [0, 0.05) is 41.7 Å². The molecule has 4 rings (SSSR count). The summed E-state index contributed by atoms with van der Waals surface area (Å²) < 4.78 is 1.91. The zero-order chi connectivity index (χ0) is 18.1. The van der Waals surface area contributed by atoms with E-state index in [0.29, 0.717) is 16.6 Å². The lowest BCUT2D eigenvalue weighted by molar-refractivity contribution is 0.0951.